The Balaban J connectivity index is 1.81. The number of nitrogen functional groups attached to an aromatic ring is 1. The highest BCUT2D eigenvalue weighted by atomic mass is 16.2. The topological polar surface area (TPSA) is 80.9 Å². The first-order valence-corrected chi connectivity index (χ1v) is 6.62. The molecule has 0 aliphatic heterocycles. The van der Waals surface area contributed by atoms with Crippen LogP contribution in [0.1, 0.15) is 39.6 Å². The van der Waals surface area contributed by atoms with Crippen LogP contribution >= 0.6 is 0 Å². The first-order valence-electron chi connectivity index (χ1n) is 6.62. The SMILES string of the molecule is Cc1ccc2c(c1)CCC2NC(=O)c1nccnc1N. The number of aryl methyl sites for hydroxylation is 2. The first kappa shape index (κ1) is 12.6. The molecule has 20 heavy (non-hydrogen) atoms. The molecule has 3 N–H and O–H groups in total. The summed E-state index contributed by atoms with van der Waals surface area (Å²) in [7, 11) is 0. The third kappa shape index (κ3) is 2.22. The zero-order valence-electron chi connectivity index (χ0n) is 11.3. The zero-order valence-corrected chi connectivity index (χ0v) is 11.3. The smallest absolute Gasteiger partial charge is 0.274 e. The number of hydrogen-bond donors (Lipinski definition) is 2. The van der Waals surface area contributed by atoms with Crippen molar-refractivity contribution in [2.24, 2.45) is 0 Å². The summed E-state index contributed by atoms with van der Waals surface area (Å²) in [4.78, 5) is 20.1. The van der Waals surface area contributed by atoms with E-state index in [1.165, 1.54) is 29.1 Å². The van der Waals surface area contributed by atoms with Crippen molar-refractivity contribution in [1.29, 1.82) is 0 Å². The predicted octanol–water partition coefficient (Wildman–Crippen LogP) is 1.78. The molecule has 1 aliphatic rings. The number of carbonyl (C=O) groups is 1. The summed E-state index contributed by atoms with van der Waals surface area (Å²) in [6.07, 6.45) is 4.83. The second kappa shape index (κ2) is 4.92. The summed E-state index contributed by atoms with van der Waals surface area (Å²) in [6.45, 7) is 2.08. The fourth-order valence-electron chi connectivity index (χ4n) is 2.65. The Morgan fingerprint density at radius 2 is 2.15 bits per heavy atom. The van der Waals surface area contributed by atoms with Gasteiger partial charge in [0.1, 0.15) is 0 Å². The van der Waals surface area contributed by atoms with Crippen LogP contribution in [0.25, 0.3) is 0 Å². The number of nitrogens with one attached hydrogen (secondary N) is 1. The van der Waals surface area contributed by atoms with Crippen molar-refractivity contribution in [3.63, 3.8) is 0 Å². The summed E-state index contributed by atoms with van der Waals surface area (Å²) in [5.74, 6) is -0.110. The number of carbonyl (C=O) groups excluding carboxylic acids is 1. The minimum atomic E-state index is -0.269. The number of nitrogens with two attached hydrogens (primary N) is 1. The van der Waals surface area contributed by atoms with Crippen molar-refractivity contribution in [2.75, 3.05) is 5.73 Å². The van der Waals surface area contributed by atoms with Gasteiger partial charge in [0.15, 0.2) is 11.5 Å². The van der Waals surface area contributed by atoms with E-state index in [0.29, 0.717) is 0 Å². The highest BCUT2D eigenvalue weighted by Gasteiger charge is 2.25. The van der Waals surface area contributed by atoms with Crippen LogP contribution in [0.15, 0.2) is 30.6 Å². The Bertz CT molecular complexity index is 669. The summed E-state index contributed by atoms with van der Waals surface area (Å²) in [6, 6.07) is 6.36. The van der Waals surface area contributed by atoms with E-state index in [0.717, 1.165) is 12.8 Å². The number of amides is 1. The Labute approximate surface area is 117 Å². The van der Waals surface area contributed by atoms with Crippen LogP contribution in [-0.4, -0.2) is 15.9 Å². The molecule has 0 saturated heterocycles. The average molecular weight is 268 g/mol. The lowest BCUT2D eigenvalue weighted by molar-refractivity contribution is 0.0932. The normalized spacial score (nSPS) is 16.8. The standard InChI is InChI=1S/C15H16N4O/c1-9-2-4-11-10(8-9)3-5-12(11)19-15(20)13-14(16)18-7-6-17-13/h2,4,6-8,12H,3,5H2,1H3,(H2,16,18)(H,19,20). The van der Waals surface area contributed by atoms with Gasteiger partial charge in [0.2, 0.25) is 0 Å². The molecule has 1 aromatic heterocycles. The van der Waals surface area contributed by atoms with Crippen LogP contribution in [0.3, 0.4) is 0 Å². The van der Waals surface area contributed by atoms with E-state index in [1.807, 2.05) is 0 Å². The highest BCUT2D eigenvalue weighted by molar-refractivity contribution is 5.96. The maximum atomic E-state index is 12.2. The number of nitrogens with zero attached hydrogens (tertiary/aromatic N) is 2. The zero-order chi connectivity index (χ0) is 14.1. The Hall–Kier alpha value is -2.43. The molecule has 0 spiro atoms. The largest absolute Gasteiger partial charge is 0.382 e. The molecule has 3 rings (SSSR count). The quantitative estimate of drug-likeness (QED) is 0.870. The van der Waals surface area contributed by atoms with Gasteiger partial charge in [0, 0.05) is 12.4 Å². The maximum absolute atomic E-state index is 12.2. The van der Waals surface area contributed by atoms with Gasteiger partial charge in [-0.15, -0.1) is 0 Å². The number of fused-ring (bicyclic) bond motifs is 1. The minimum Gasteiger partial charge on any atom is -0.382 e. The first-order chi connectivity index (χ1) is 9.65. The van der Waals surface area contributed by atoms with Crippen molar-refractivity contribution in [1.82, 2.24) is 15.3 Å². The predicted molar refractivity (Wildman–Crippen MR) is 76.2 cm³/mol. The van der Waals surface area contributed by atoms with Gasteiger partial charge in [-0.3, -0.25) is 4.79 Å². The van der Waals surface area contributed by atoms with Gasteiger partial charge < -0.3 is 11.1 Å². The second-order valence-electron chi connectivity index (χ2n) is 5.06. The highest BCUT2D eigenvalue weighted by Crippen LogP contribution is 2.31. The molecular formula is C15H16N4O. The van der Waals surface area contributed by atoms with E-state index in [4.69, 9.17) is 5.73 Å². The molecule has 0 saturated carbocycles. The van der Waals surface area contributed by atoms with E-state index >= 15 is 0 Å². The van der Waals surface area contributed by atoms with Crippen LogP contribution < -0.4 is 11.1 Å². The molecule has 0 bridgehead atoms. The lowest BCUT2D eigenvalue weighted by atomic mass is 10.1. The Morgan fingerprint density at radius 3 is 2.95 bits per heavy atom. The van der Waals surface area contributed by atoms with E-state index in [2.05, 4.69) is 40.4 Å². The summed E-state index contributed by atoms with van der Waals surface area (Å²) in [5, 5.41) is 2.99. The fourth-order valence-corrected chi connectivity index (χ4v) is 2.65. The summed E-state index contributed by atoms with van der Waals surface area (Å²) in [5.41, 5.74) is 9.60. The third-order valence-corrected chi connectivity index (χ3v) is 3.62. The van der Waals surface area contributed by atoms with E-state index < -0.39 is 0 Å². The van der Waals surface area contributed by atoms with Gasteiger partial charge >= 0.3 is 0 Å². The van der Waals surface area contributed by atoms with E-state index in [9.17, 15) is 4.79 Å². The maximum Gasteiger partial charge on any atom is 0.274 e. The van der Waals surface area contributed by atoms with Crippen molar-refractivity contribution >= 4 is 11.7 Å². The molecule has 1 atom stereocenters. The van der Waals surface area contributed by atoms with Gasteiger partial charge in [0.25, 0.3) is 5.91 Å². The van der Waals surface area contributed by atoms with Crippen LogP contribution in [0.2, 0.25) is 0 Å². The molecule has 1 amide bonds. The molecule has 1 heterocycles. The summed E-state index contributed by atoms with van der Waals surface area (Å²) < 4.78 is 0. The van der Waals surface area contributed by atoms with Crippen molar-refractivity contribution in [2.45, 2.75) is 25.8 Å². The lowest BCUT2D eigenvalue weighted by Crippen LogP contribution is -2.28. The number of rotatable bonds is 2. The van der Waals surface area contributed by atoms with Crippen LogP contribution in [0.4, 0.5) is 5.82 Å². The molecule has 1 aromatic carbocycles. The molecule has 5 nitrogen and oxygen atoms in total. The molecule has 5 heteroatoms. The van der Waals surface area contributed by atoms with Gasteiger partial charge in [-0.2, -0.15) is 0 Å². The third-order valence-electron chi connectivity index (χ3n) is 3.62. The number of anilines is 1. The Morgan fingerprint density at radius 1 is 1.35 bits per heavy atom. The van der Waals surface area contributed by atoms with E-state index in [-0.39, 0.29) is 23.5 Å². The molecular weight excluding hydrogens is 252 g/mol. The molecule has 2 aromatic rings. The fraction of sp³-hybridized carbons (Fsp3) is 0.267. The minimum absolute atomic E-state index is 0.0273. The van der Waals surface area contributed by atoms with Crippen molar-refractivity contribution in [3.05, 3.63) is 53.0 Å². The number of hydrogen-bond acceptors (Lipinski definition) is 4. The van der Waals surface area contributed by atoms with Gasteiger partial charge in [-0.05, 0) is 30.9 Å². The molecule has 0 radical (unpaired) electrons. The van der Waals surface area contributed by atoms with Gasteiger partial charge in [0.05, 0.1) is 6.04 Å². The van der Waals surface area contributed by atoms with Crippen molar-refractivity contribution in [3.8, 4) is 0 Å². The number of aromatic nitrogens is 2. The van der Waals surface area contributed by atoms with Crippen LogP contribution in [-0.2, 0) is 6.42 Å². The lowest BCUT2D eigenvalue weighted by Gasteiger charge is -2.14. The summed E-state index contributed by atoms with van der Waals surface area (Å²) >= 11 is 0. The number of benzene rings is 1. The van der Waals surface area contributed by atoms with Gasteiger partial charge in [-0.25, -0.2) is 9.97 Å². The molecule has 1 aliphatic carbocycles. The van der Waals surface area contributed by atoms with Crippen LogP contribution in [0.5, 0.6) is 0 Å². The molecule has 1 unspecified atom stereocenters. The van der Waals surface area contributed by atoms with E-state index in [1.54, 1.807) is 0 Å². The van der Waals surface area contributed by atoms with Crippen molar-refractivity contribution < 1.29 is 4.79 Å². The van der Waals surface area contributed by atoms with Gasteiger partial charge in [-0.1, -0.05) is 23.8 Å². The molecule has 0 fully saturated rings. The monoisotopic (exact) mass is 268 g/mol. The average Bonchev–Trinajstić information content (AvgIpc) is 2.81. The van der Waals surface area contributed by atoms with Crippen LogP contribution in [0, 0.1) is 6.92 Å². The molecule has 102 valence electrons. The second-order valence-corrected chi connectivity index (χ2v) is 5.06. The Kier molecular flexibility index (Phi) is 3.10.